The van der Waals surface area contributed by atoms with E-state index in [4.69, 9.17) is 21.1 Å². The number of hydrogen-bond acceptors (Lipinski definition) is 4. The summed E-state index contributed by atoms with van der Waals surface area (Å²) in [5.74, 6) is 2.08. The molecule has 4 aliphatic heterocycles. The molecule has 4 fully saturated rings. The number of likely N-dealkylation sites (tertiary alicyclic amines) is 1. The molecule has 1 N–H and O–H groups in total. The van der Waals surface area contributed by atoms with E-state index in [1.807, 2.05) is 41.3 Å². The zero-order valence-corrected chi connectivity index (χ0v) is 22.2. The maximum Gasteiger partial charge on any atom is 0.321 e. The molecule has 2 unspecified atom stereocenters. The van der Waals surface area contributed by atoms with Crippen LogP contribution in [0.1, 0.15) is 56.4 Å². The highest BCUT2D eigenvalue weighted by Crippen LogP contribution is 2.38. The number of piperidine rings is 2. The number of nitrogens with zero attached hydrogens (tertiary/aromatic N) is 2. The number of amides is 2. The lowest BCUT2D eigenvalue weighted by Gasteiger charge is -2.40. The molecule has 4 aliphatic rings. The zero-order valence-electron chi connectivity index (χ0n) is 21.5. The van der Waals surface area contributed by atoms with Crippen LogP contribution in [0, 0.1) is 5.92 Å². The molecular weight excluding hydrogens is 486 g/mol. The molecular formula is C30H38ClN3O3. The maximum atomic E-state index is 12.8. The molecule has 2 aromatic carbocycles. The van der Waals surface area contributed by atoms with Crippen molar-refractivity contribution < 1.29 is 14.3 Å². The highest BCUT2D eigenvalue weighted by Gasteiger charge is 2.42. The van der Waals surface area contributed by atoms with Crippen molar-refractivity contribution in [3.8, 4) is 5.75 Å². The molecule has 2 amide bonds. The fourth-order valence-electron chi connectivity index (χ4n) is 6.81. The first-order chi connectivity index (χ1) is 18.1. The number of rotatable bonds is 6. The fourth-order valence-corrected chi connectivity index (χ4v) is 6.93. The van der Waals surface area contributed by atoms with Gasteiger partial charge in [-0.1, -0.05) is 23.7 Å². The van der Waals surface area contributed by atoms with Crippen LogP contribution in [-0.4, -0.2) is 66.9 Å². The van der Waals surface area contributed by atoms with E-state index in [1.54, 1.807) is 0 Å². The number of carbonyl (C=O) groups excluding carboxylic acids is 1. The van der Waals surface area contributed by atoms with Gasteiger partial charge < -0.3 is 19.7 Å². The summed E-state index contributed by atoms with van der Waals surface area (Å²) >= 11 is 6.02. The van der Waals surface area contributed by atoms with Gasteiger partial charge in [0.25, 0.3) is 0 Å². The Hall–Kier alpha value is -2.28. The summed E-state index contributed by atoms with van der Waals surface area (Å²) in [6.45, 7) is 4.57. The van der Waals surface area contributed by atoms with Crippen molar-refractivity contribution >= 4 is 23.3 Å². The van der Waals surface area contributed by atoms with Gasteiger partial charge in [-0.2, -0.15) is 0 Å². The van der Waals surface area contributed by atoms with Crippen LogP contribution >= 0.6 is 11.6 Å². The molecule has 0 radical (unpaired) electrons. The summed E-state index contributed by atoms with van der Waals surface area (Å²) in [7, 11) is 0. The summed E-state index contributed by atoms with van der Waals surface area (Å²) in [6.07, 6.45) is 8.22. The minimum absolute atomic E-state index is 0.0279. The first-order valence-corrected chi connectivity index (χ1v) is 14.4. The Kier molecular flexibility index (Phi) is 7.59. The van der Waals surface area contributed by atoms with Crippen molar-refractivity contribution in [3.63, 3.8) is 0 Å². The Bertz CT molecular complexity index is 1030. The second-order valence-corrected chi connectivity index (χ2v) is 11.7. The summed E-state index contributed by atoms with van der Waals surface area (Å²) < 4.78 is 12.0. The molecule has 0 aliphatic carbocycles. The van der Waals surface area contributed by atoms with E-state index in [-0.39, 0.29) is 12.1 Å². The van der Waals surface area contributed by atoms with Crippen LogP contribution < -0.4 is 10.1 Å². The summed E-state index contributed by atoms with van der Waals surface area (Å²) in [4.78, 5) is 17.5. The van der Waals surface area contributed by atoms with E-state index in [2.05, 4.69) is 22.3 Å². The number of fused-ring (bicyclic) bond motifs is 2. The third-order valence-corrected chi connectivity index (χ3v) is 9.12. The third-order valence-electron chi connectivity index (χ3n) is 8.87. The Labute approximate surface area is 225 Å². The SMILES string of the molecule is O=C(Nc1ccc(OC2C[C@H]3CC[C@@H](C2)N3CC2CCOC2)cc1)N1CCC(c2ccc(Cl)cc2)CC1. The molecule has 198 valence electrons. The number of halogens is 1. The van der Waals surface area contributed by atoms with Crippen LogP contribution in [-0.2, 0) is 4.74 Å². The van der Waals surface area contributed by atoms with Gasteiger partial charge in [0.15, 0.2) is 0 Å². The lowest BCUT2D eigenvalue weighted by Crippen LogP contribution is -2.48. The zero-order chi connectivity index (χ0) is 25.2. The average Bonchev–Trinajstić information content (AvgIpc) is 3.51. The average molecular weight is 524 g/mol. The molecule has 7 heteroatoms. The quantitative estimate of drug-likeness (QED) is 0.492. The van der Waals surface area contributed by atoms with E-state index in [9.17, 15) is 4.79 Å². The van der Waals surface area contributed by atoms with Crippen molar-refractivity contribution in [2.45, 2.75) is 69.1 Å². The number of carbonyl (C=O) groups is 1. The van der Waals surface area contributed by atoms with Crippen molar-refractivity contribution in [2.24, 2.45) is 5.92 Å². The standard InChI is InChI=1S/C30H38ClN3O3/c31-24-3-1-22(2-4-24)23-11-14-33(15-12-23)30(35)32-25-5-9-28(10-6-25)37-29-17-26-7-8-27(18-29)34(26)19-21-13-16-36-20-21/h1-6,9-10,21,23,26-27,29H,7-8,11-20H2,(H,32,35)/t21?,26-,27+,29?. The van der Waals surface area contributed by atoms with Crippen LogP contribution in [0.5, 0.6) is 5.75 Å². The first kappa shape index (κ1) is 25.0. The minimum atomic E-state index is -0.0279. The van der Waals surface area contributed by atoms with Gasteiger partial charge in [0.1, 0.15) is 11.9 Å². The molecule has 4 saturated heterocycles. The number of benzene rings is 2. The van der Waals surface area contributed by atoms with E-state index >= 15 is 0 Å². The molecule has 2 aromatic rings. The molecule has 0 spiro atoms. The predicted molar refractivity (Wildman–Crippen MR) is 147 cm³/mol. The smallest absolute Gasteiger partial charge is 0.321 e. The maximum absolute atomic E-state index is 12.8. The van der Waals surface area contributed by atoms with E-state index < -0.39 is 0 Å². The predicted octanol–water partition coefficient (Wildman–Crippen LogP) is 6.16. The number of anilines is 1. The molecule has 37 heavy (non-hydrogen) atoms. The lowest BCUT2D eigenvalue weighted by atomic mass is 9.89. The topological polar surface area (TPSA) is 54.0 Å². The molecule has 2 bridgehead atoms. The Morgan fingerprint density at radius 2 is 1.65 bits per heavy atom. The molecule has 0 saturated carbocycles. The Balaban J connectivity index is 0.963. The molecule has 4 heterocycles. The van der Waals surface area contributed by atoms with Gasteiger partial charge in [0.05, 0.1) is 6.61 Å². The summed E-state index contributed by atoms with van der Waals surface area (Å²) in [6, 6.07) is 17.3. The lowest BCUT2D eigenvalue weighted by molar-refractivity contribution is 0.0381. The van der Waals surface area contributed by atoms with E-state index in [1.165, 1.54) is 31.4 Å². The van der Waals surface area contributed by atoms with Gasteiger partial charge in [-0.25, -0.2) is 4.79 Å². The van der Waals surface area contributed by atoms with Crippen LogP contribution in [0.2, 0.25) is 5.02 Å². The van der Waals surface area contributed by atoms with Crippen LogP contribution in [0.25, 0.3) is 0 Å². The van der Waals surface area contributed by atoms with Crippen LogP contribution in [0.4, 0.5) is 10.5 Å². The van der Waals surface area contributed by atoms with Gasteiger partial charge in [0.2, 0.25) is 0 Å². The monoisotopic (exact) mass is 523 g/mol. The number of hydrogen-bond donors (Lipinski definition) is 1. The fraction of sp³-hybridized carbons (Fsp3) is 0.567. The van der Waals surface area contributed by atoms with Crippen molar-refractivity contribution in [2.75, 3.05) is 38.2 Å². The Morgan fingerprint density at radius 3 is 2.30 bits per heavy atom. The normalized spacial score (nSPS) is 28.4. The van der Waals surface area contributed by atoms with Gasteiger partial charge in [-0.15, -0.1) is 0 Å². The molecule has 0 aromatic heterocycles. The Morgan fingerprint density at radius 1 is 0.946 bits per heavy atom. The van der Waals surface area contributed by atoms with Gasteiger partial charge >= 0.3 is 6.03 Å². The van der Waals surface area contributed by atoms with Crippen molar-refractivity contribution in [1.82, 2.24) is 9.80 Å². The highest BCUT2D eigenvalue weighted by atomic mass is 35.5. The third kappa shape index (κ3) is 5.92. The largest absolute Gasteiger partial charge is 0.490 e. The number of urea groups is 1. The van der Waals surface area contributed by atoms with Gasteiger partial charge in [-0.3, -0.25) is 4.90 Å². The summed E-state index contributed by atoms with van der Waals surface area (Å²) in [5.41, 5.74) is 2.12. The molecule has 4 atom stereocenters. The van der Waals surface area contributed by atoms with Crippen LogP contribution in [0.3, 0.4) is 0 Å². The van der Waals surface area contributed by atoms with Crippen molar-refractivity contribution in [3.05, 3.63) is 59.1 Å². The van der Waals surface area contributed by atoms with Gasteiger partial charge in [-0.05, 0) is 98.7 Å². The van der Waals surface area contributed by atoms with Crippen molar-refractivity contribution in [1.29, 1.82) is 0 Å². The highest BCUT2D eigenvalue weighted by molar-refractivity contribution is 6.30. The van der Waals surface area contributed by atoms with Gasteiger partial charge in [0, 0.05) is 49.0 Å². The number of nitrogens with one attached hydrogen (secondary N) is 1. The minimum Gasteiger partial charge on any atom is -0.490 e. The van der Waals surface area contributed by atoms with Crippen LogP contribution in [0.15, 0.2) is 48.5 Å². The number of ether oxygens (including phenoxy) is 2. The van der Waals surface area contributed by atoms with E-state index in [0.29, 0.717) is 23.9 Å². The second kappa shape index (κ2) is 11.2. The second-order valence-electron chi connectivity index (χ2n) is 11.3. The van der Waals surface area contributed by atoms with E-state index in [0.717, 1.165) is 68.4 Å². The molecule has 6 rings (SSSR count). The molecule has 6 nitrogen and oxygen atoms in total. The first-order valence-electron chi connectivity index (χ1n) is 14.0. The summed E-state index contributed by atoms with van der Waals surface area (Å²) in [5, 5.41) is 3.83.